The van der Waals surface area contributed by atoms with Gasteiger partial charge in [0.25, 0.3) is 0 Å². The lowest BCUT2D eigenvalue weighted by Gasteiger charge is -2.08. The first-order valence-corrected chi connectivity index (χ1v) is 14.4. The number of rotatable bonds is 7. The average molecular weight is 601 g/mol. The molecule has 0 aliphatic heterocycles. The monoisotopic (exact) mass is 599 g/mol. The average Bonchev–Trinajstić information content (AvgIpc) is 3.71. The number of aliphatic carboxylic acids is 2. The summed E-state index contributed by atoms with van der Waals surface area (Å²) in [5.74, 6) is -2.22. The number of carboxylic acid groups (broad SMARTS) is 2. The van der Waals surface area contributed by atoms with E-state index in [1.165, 1.54) is 12.1 Å². The third-order valence-corrected chi connectivity index (χ3v) is 7.75. The summed E-state index contributed by atoms with van der Waals surface area (Å²) in [6.07, 6.45) is 7.82. The zero-order valence-electron chi connectivity index (χ0n) is 20.6. The Kier molecular flexibility index (Phi) is 12.1. The van der Waals surface area contributed by atoms with Gasteiger partial charge in [0, 0.05) is 10.1 Å². The number of alkyl halides is 1. The highest BCUT2D eigenvalue weighted by Gasteiger charge is 2.46. The summed E-state index contributed by atoms with van der Waals surface area (Å²) >= 11 is 17.8. The second kappa shape index (κ2) is 14.5. The fourth-order valence-electron chi connectivity index (χ4n) is 3.50. The number of benzene rings is 2. The van der Waals surface area contributed by atoms with Crippen LogP contribution >= 0.6 is 34.8 Å². The summed E-state index contributed by atoms with van der Waals surface area (Å²) in [5.41, 5.74) is 2.66. The largest absolute Gasteiger partial charge is 0.481 e. The SMILES string of the molecule is CC.O=C(O)C1CC1C1=CC(Cl)=CC=CC1Cl.O=C(O)CNS(=O)(=O)c1ccc(-c2ccc(Cl)cc2)cc1. The fourth-order valence-corrected chi connectivity index (χ4v) is 5.11. The molecule has 7 nitrogen and oxygen atoms in total. The molecule has 0 heterocycles. The van der Waals surface area contributed by atoms with Crippen molar-refractivity contribution in [3.63, 3.8) is 0 Å². The molecule has 1 fully saturated rings. The maximum Gasteiger partial charge on any atom is 0.318 e. The van der Waals surface area contributed by atoms with Crippen molar-refractivity contribution < 1.29 is 28.2 Å². The quantitative estimate of drug-likeness (QED) is 0.320. The van der Waals surface area contributed by atoms with Crippen LogP contribution in [0.15, 0.2) is 88.3 Å². The lowest BCUT2D eigenvalue weighted by Crippen LogP contribution is -2.29. The minimum absolute atomic E-state index is 0.0152. The zero-order chi connectivity index (χ0) is 28.5. The molecule has 1 saturated carbocycles. The number of hydrogen-bond donors (Lipinski definition) is 3. The van der Waals surface area contributed by atoms with Gasteiger partial charge in [-0.2, -0.15) is 4.72 Å². The van der Waals surface area contributed by atoms with E-state index < -0.39 is 28.5 Å². The molecule has 3 unspecified atom stereocenters. The van der Waals surface area contributed by atoms with E-state index in [2.05, 4.69) is 0 Å². The van der Waals surface area contributed by atoms with E-state index in [0.29, 0.717) is 16.5 Å². The molecule has 204 valence electrons. The summed E-state index contributed by atoms with van der Waals surface area (Å²) in [5, 5.41) is 18.3. The van der Waals surface area contributed by atoms with Gasteiger partial charge in [-0.15, -0.1) is 11.6 Å². The molecular formula is C27H28Cl3NO6S. The standard InChI is InChI=1S/C14H12ClNO4S.C11H10Cl2O2.C2H6/c15-12-5-1-10(2-6-12)11-3-7-13(8-4-11)21(19,20)16-9-14(17)18;12-6-2-1-3-10(13)8(4-6)7-5-9(7)11(14)15;1-2/h1-8,16H,9H2,(H,17,18);1-4,7,9-10H,5H2,(H,14,15);1-2H3. The van der Waals surface area contributed by atoms with Gasteiger partial charge in [0.05, 0.1) is 16.2 Å². The molecule has 3 N–H and O–H groups in total. The molecule has 0 saturated heterocycles. The molecule has 0 aromatic heterocycles. The Hall–Kier alpha value is -2.62. The van der Waals surface area contributed by atoms with E-state index in [1.54, 1.807) is 42.5 Å². The van der Waals surface area contributed by atoms with Gasteiger partial charge in [-0.05, 0) is 65.5 Å². The highest BCUT2D eigenvalue weighted by molar-refractivity contribution is 7.89. The molecule has 0 bridgehead atoms. The van der Waals surface area contributed by atoms with Crippen molar-refractivity contribution >= 4 is 56.8 Å². The minimum Gasteiger partial charge on any atom is -0.481 e. The third kappa shape index (κ3) is 9.29. The Bertz CT molecular complexity index is 1320. The third-order valence-electron chi connectivity index (χ3n) is 5.45. The summed E-state index contributed by atoms with van der Waals surface area (Å²) in [6, 6.07) is 13.3. The molecule has 2 aromatic rings. The number of carboxylic acids is 2. The Morgan fingerprint density at radius 1 is 0.974 bits per heavy atom. The van der Waals surface area contributed by atoms with Gasteiger partial charge in [-0.1, -0.05) is 73.5 Å². The van der Waals surface area contributed by atoms with Crippen molar-refractivity contribution in [2.24, 2.45) is 11.8 Å². The summed E-state index contributed by atoms with van der Waals surface area (Å²) < 4.78 is 25.7. The molecule has 11 heteroatoms. The Morgan fingerprint density at radius 2 is 1.53 bits per heavy atom. The van der Waals surface area contributed by atoms with Crippen LogP contribution in [0, 0.1) is 11.8 Å². The zero-order valence-corrected chi connectivity index (χ0v) is 23.7. The van der Waals surface area contributed by atoms with Crippen LogP contribution in [0.5, 0.6) is 0 Å². The Balaban J connectivity index is 0.000000262. The molecule has 4 rings (SSSR count). The number of sulfonamides is 1. The maximum atomic E-state index is 11.8. The van der Waals surface area contributed by atoms with Crippen molar-refractivity contribution in [3.05, 3.63) is 88.5 Å². The van der Waals surface area contributed by atoms with Crippen LogP contribution in [0.2, 0.25) is 5.02 Å². The lowest BCUT2D eigenvalue weighted by atomic mass is 10.1. The van der Waals surface area contributed by atoms with E-state index in [9.17, 15) is 18.0 Å². The number of allylic oxidation sites excluding steroid dienone is 6. The summed E-state index contributed by atoms with van der Waals surface area (Å²) in [7, 11) is -3.81. The molecule has 0 spiro atoms. The molecule has 0 amide bonds. The second-order valence-electron chi connectivity index (χ2n) is 8.02. The first-order chi connectivity index (χ1) is 18.0. The molecule has 38 heavy (non-hydrogen) atoms. The predicted octanol–water partition coefficient (Wildman–Crippen LogP) is 6.33. The highest BCUT2D eigenvalue weighted by atomic mass is 35.5. The van der Waals surface area contributed by atoms with E-state index in [4.69, 9.17) is 45.0 Å². The highest BCUT2D eigenvalue weighted by Crippen LogP contribution is 2.47. The van der Waals surface area contributed by atoms with Crippen LogP contribution in [-0.4, -0.2) is 42.5 Å². The number of carbonyl (C=O) groups is 2. The lowest BCUT2D eigenvalue weighted by molar-refractivity contribution is -0.139. The fraction of sp³-hybridized carbons (Fsp3) is 0.259. The van der Waals surface area contributed by atoms with Gasteiger partial charge in [0.1, 0.15) is 6.54 Å². The number of hydrogen-bond acceptors (Lipinski definition) is 4. The van der Waals surface area contributed by atoms with Crippen molar-refractivity contribution in [2.45, 2.75) is 30.5 Å². The summed E-state index contributed by atoms with van der Waals surface area (Å²) in [4.78, 5) is 21.2. The van der Waals surface area contributed by atoms with Crippen LogP contribution in [-0.2, 0) is 19.6 Å². The van der Waals surface area contributed by atoms with Crippen LogP contribution < -0.4 is 4.72 Å². The van der Waals surface area contributed by atoms with Crippen LogP contribution in [0.4, 0.5) is 0 Å². The van der Waals surface area contributed by atoms with Crippen molar-refractivity contribution in [1.82, 2.24) is 4.72 Å². The van der Waals surface area contributed by atoms with E-state index in [1.807, 2.05) is 36.8 Å². The Labute approximate surface area is 237 Å². The van der Waals surface area contributed by atoms with Gasteiger partial charge in [0.2, 0.25) is 10.0 Å². The van der Waals surface area contributed by atoms with E-state index in [-0.39, 0.29) is 22.1 Å². The van der Waals surface area contributed by atoms with E-state index >= 15 is 0 Å². The predicted molar refractivity (Wildman–Crippen MR) is 151 cm³/mol. The summed E-state index contributed by atoms with van der Waals surface area (Å²) in [6.45, 7) is 3.35. The molecular weight excluding hydrogens is 573 g/mol. The molecule has 2 aliphatic carbocycles. The van der Waals surface area contributed by atoms with Gasteiger partial charge in [-0.3, -0.25) is 9.59 Å². The molecule has 2 aromatic carbocycles. The normalized spacial score (nSPS) is 19.9. The smallest absolute Gasteiger partial charge is 0.318 e. The topological polar surface area (TPSA) is 121 Å². The minimum atomic E-state index is -3.81. The van der Waals surface area contributed by atoms with Gasteiger partial charge < -0.3 is 10.2 Å². The number of nitrogens with one attached hydrogen (secondary N) is 1. The molecule has 0 radical (unpaired) electrons. The van der Waals surface area contributed by atoms with Gasteiger partial charge >= 0.3 is 11.9 Å². The first-order valence-electron chi connectivity index (χ1n) is 11.7. The van der Waals surface area contributed by atoms with Crippen LogP contribution in [0.1, 0.15) is 20.3 Å². The number of halogens is 3. The van der Waals surface area contributed by atoms with Gasteiger partial charge in [0.15, 0.2) is 0 Å². The second-order valence-corrected chi connectivity index (χ2v) is 11.1. The first kappa shape index (κ1) is 31.6. The van der Waals surface area contributed by atoms with Crippen molar-refractivity contribution in [2.75, 3.05) is 6.54 Å². The maximum absolute atomic E-state index is 11.8. The molecule has 2 aliphatic rings. The molecule has 3 atom stereocenters. The van der Waals surface area contributed by atoms with Crippen LogP contribution in [0.25, 0.3) is 11.1 Å². The van der Waals surface area contributed by atoms with Crippen molar-refractivity contribution in [3.8, 4) is 11.1 Å². The van der Waals surface area contributed by atoms with E-state index in [0.717, 1.165) is 16.7 Å². The van der Waals surface area contributed by atoms with Crippen LogP contribution in [0.3, 0.4) is 0 Å². The Morgan fingerprint density at radius 3 is 2.03 bits per heavy atom. The van der Waals surface area contributed by atoms with Crippen molar-refractivity contribution in [1.29, 1.82) is 0 Å². The van der Waals surface area contributed by atoms with Gasteiger partial charge in [-0.25, -0.2) is 8.42 Å².